The highest BCUT2D eigenvalue weighted by Crippen LogP contribution is 2.37. The number of hydrogen-bond acceptors (Lipinski definition) is 5. The molecule has 0 saturated carbocycles. The maximum absolute atomic E-state index is 12.6. The second-order valence-electron chi connectivity index (χ2n) is 6.33. The molecule has 2 unspecified atom stereocenters. The van der Waals surface area contributed by atoms with Crippen LogP contribution in [0.5, 0.6) is 11.5 Å². The molecule has 1 amide bonds. The van der Waals surface area contributed by atoms with Crippen LogP contribution in [-0.2, 0) is 0 Å². The first-order valence-corrected chi connectivity index (χ1v) is 9.46. The van der Waals surface area contributed by atoms with E-state index in [4.69, 9.17) is 9.47 Å². The van der Waals surface area contributed by atoms with E-state index in [1.165, 1.54) is 11.3 Å². The third kappa shape index (κ3) is 3.09. The number of carbonyl (C=O) groups excluding carboxylic acids is 1. The maximum Gasteiger partial charge on any atom is 0.254 e. The van der Waals surface area contributed by atoms with Crippen LogP contribution in [0.3, 0.4) is 0 Å². The standard InChI is InChI=1S/C20H20N2O4S/c1-25-12-5-6-18(26-2)14(10-12)17(23)11-15-16-4-3-8-22(16)20-13(7-9-27-20)19(24)21-15/h3-10,15,17,23H,11H2,1-2H3,(H,21,24). The van der Waals surface area contributed by atoms with Crippen molar-refractivity contribution in [3.63, 3.8) is 0 Å². The third-order valence-corrected chi connectivity index (χ3v) is 5.72. The number of nitrogens with zero attached hydrogens (tertiary/aromatic N) is 1. The normalized spacial score (nSPS) is 16.7. The van der Waals surface area contributed by atoms with Crippen LogP contribution in [0.25, 0.3) is 5.00 Å². The van der Waals surface area contributed by atoms with Crippen LogP contribution in [0.1, 0.15) is 40.2 Å². The van der Waals surface area contributed by atoms with Crippen LogP contribution >= 0.6 is 11.3 Å². The molecule has 3 heterocycles. The van der Waals surface area contributed by atoms with Gasteiger partial charge in [-0.2, -0.15) is 0 Å². The van der Waals surface area contributed by atoms with E-state index in [2.05, 4.69) is 5.32 Å². The molecule has 2 aromatic heterocycles. The molecule has 0 bridgehead atoms. The largest absolute Gasteiger partial charge is 0.497 e. The first-order valence-electron chi connectivity index (χ1n) is 8.58. The molecule has 1 aliphatic heterocycles. The van der Waals surface area contributed by atoms with Crippen LogP contribution in [-0.4, -0.2) is 29.8 Å². The minimum atomic E-state index is -0.833. The number of amides is 1. The molecule has 6 nitrogen and oxygen atoms in total. The van der Waals surface area contributed by atoms with Crippen molar-refractivity contribution >= 4 is 17.2 Å². The third-order valence-electron chi connectivity index (χ3n) is 4.81. The molecule has 0 radical (unpaired) electrons. The maximum atomic E-state index is 12.6. The highest BCUT2D eigenvalue weighted by Gasteiger charge is 2.29. The number of rotatable bonds is 5. The summed E-state index contributed by atoms with van der Waals surface area (Å²) in [6.07, 6.45) is 1.42. The molecule has 1 aliphatic rings. The van der Waals surface area contributed by atoms with Crippen LogP contribution in [0, 0.1) is 0 Å². The van der Waals surface area contributed by atoms with Gasteiger partial charge in [-0.05, 0) is 41.8 Å². The number of nitrogens with one attached hydrogen (secondary N) is 1. The fraction of sp³-hybridized carbons (Fsp3) is 0.250. The minimum absolute atomic E-state index is 0.134. The van der Waals surface area contributed by atoms with Gasteiger partial charge < -0.3 is 24.5 Å². The molecular weight excluding hydrogens is 364 g/mol. The van der Waals surface area contributed by atoms with E-state index >= 15 is 0 Å². The summed E-state index contributed by atoms with van der Waals surface area (Å²) in [6, 6.07) is 10.7. The second kappa shape index (κ2) is 7.09. The molecule has 3 aromatic rings. The first kappa shape index (κ1) is 17.6. The average molecular weight is 384 g/mol. The van der Waals surface area contributed by atoms with E-state index in [1.807, 2.05) is 34.3 Å². The summed E-state index contributed by atoms with van der Waals surface area (Å²) < 4.78 is 12.7. The summed E-state index contributed by atoms with van der Waals surface area (Å²) in [5, 5.41) is 16.8. The van der Waals surface area contributed by atoms with Gasteiger partial charge in [0.2, 0.25) is 0 Å². The predicted octanol–water partition coefficient (Wildman–Crippen LogP) is 3.46. The SMILES string of the molecule is COc1ccc(OC)c(C(O)CC2NC(=O)c3ccsc3-n3cccc32)c1. The zero-order valence-corrected chi connectivity index (χ0v) is 15.8. The van der Waals surface area contributed by atoms with Crippen LogP contribution < -0.4 is 14.8 Å². The predicted molar refractivity (Wildman–Crippen MR) is 103 cm³/mol. The van der Waals surface area contributed by atoms with E-state index in [1.54, 1.807) is 32.4 Å². The number of fused-ring (bicyclic) bond motifs is 3. The van der Waals surface area contributed by atoms with E-state index in [9.17, 15) is 9.90 Å². The number of ether oxygens (including phenoxy) is 2. The summed E-state index contributed by atoms with van der Waals surface area (Å²) in [5.41, 5.74) is 2.21. The summed E-state index contributed by atoms with van der Waals surface area (Å²) in [6.45, 7) is 0. The summed E-state index contributed by atoms with van der Waals surface area (Å²) >= 11 is 1.52. The van der Waals surface area contributed by atoms with Gasteiger partial charge in [0, 0.05) is 23.9 Å². The van der Waals surface area contributed by atoms with Gasteiger partial charge in [0.15, 0.2) is 0 Å². The Labute approximate surface area is 161 Å². The molecular formula is C20H20N2O4S. The van der Waals surface area contributed by atoms with Crippen molar-refractivity contribution < 1.29 is 19.4 Å². The lowest BCUT2D eigenvalue weighted by Crippen LogP contribution is -2.28. The van der Waals surface area contributed by atoms with E-state index in [0.717, 1.165) is 10.7 Å². The molecule has 140 valence electrons. The molecule has 0 spiro atoms. The number of benzene rings is 1. The van der Waals surface area contributed by atoms with Gasteiger partial charge >= 0.3 is 0 Å². The number of methoxy groups -OCH3 is 2. The fourth-order valence-electron chi connectivity index (χ4n) is 3.46. The van der Waals surface area contributed by atoms with Crippen molar-refractivity contribution in [3.05, 3.63) is 64.8 Å². The highest BCUT2D eigenvalue weighted by molar-refractivity contribution is 7.13. The molecule has 7 heteroatoms. The Balaban J connectivity index is 1.67. The highest BCUT2D eigenvalue weighted by atomic mass is 32.1. The Kier molecular flexibility index (Phi) is 4.63. The van der Waals surface area contributed by atoms with Crippen molar-refractivity contribution in [2.24, 2.45) is 0 Å². The Morgan fingerprint density at radius 3 is 2.89 bits per heavy atom. The molecule has 0 fully saturated rings. The molecule has 2 atom stereocenters. The molecule has 0 saturated heterocycles. The zero-order chi connectivity index (χ0) is 19.0. The number of hydrogen-bond donors (Lipinski definition) is 2. The van der Waals surface area contributed by atoms with Crippen LogP contribution in [0.2, 0.25) is 0 Å². The van der Waals surface area contributed by atoms with Crippen molar-refractivity contribution in [1.29, 1.82) is 0 Å². The second-order valence-corrected chi connectivity index (χ2v) is 7.22. The fourth-order valence-corrected chi connectivity index (χ4v) is 4.36. The lowest BCUT2D eigenvalue weighted by atomic mass is 9.98. The van der Waals surface area contributed by atoms with Gasteiger partial charge in [-0.25, -0.2) is 0 Å². The Hall–Kier alpha value is -2.77. The summed E-state index contributed by atoms with van der Waals surface area (Å²) in [5.74, 6) is 1.09. The van der Waals surface area contributed by atoms with Gasteiger partial charge in [0.05, 0.1) is 31.9 Å². The van der Waals surface area contributed by atoms with Crippen molar-refractivity contribution in [2.75, 3.05) is 14.2 Å². The number of aromatic nitrogens is 1. The van der Waals surface area contributed by atoms with Crippen molar-refractivity contribution in [3.8, 4) is 16.5 Å². The van der Waals surface area contributed by atoms with E-state index in [-0.39, 0.29) is 11.9 Å². The molecule has 2 N–H and O–H groups in total. The van der Waals surface area contributed by atoms with E-state index in [0.29, 0.717) is 29.0 Å². The van der Waals surface area contributed by atoms with Crippen LogP contribution in [0.4, 0.5) is 0 Å². The first-order chi connectivity index (χ1) is 13.1. The molecule has 1 aromatic carbocycles. The quantitative estimate of drug-likeness (QED) is 0.707. The van der Waals surface area contributed by atoms with Gasteiger partial charge in [-0.1, -0.05) is 0 Å². The average Bonchev–Trinajstić information content (AvgIpc) is 3.33. The Morgan fingerprint density at radius 2 is 2.11 bits per heavy atom. The van der Waals surface area contributed by atoms with Gasteiger partial charge in [0.1, 0.15) is 16.5 Å². The summed E-state index contributed by atoms with van der Waals surface area (Å²) in [4.78, 5) is 12.6. The van der Waals surface area contributed by atoms with Gasteiger partial charge in [-0.15, -0.1) is 11.3 Å². The smallest absolute Gasteiger partial charge is 0.254 e. The minimum Gasteiger partial charge on any atom is -0.497 e. The van der Waals surface area contributed by atoms with Gasteiger partial charge in [0.25, 0.3) is 5.91 Å². The number of aliphatic hydroxyl groups is 1. The number of aliphatic hydroxyl groups excluding tert-OH is 1. The van der Waals surface area contributed by atoms with Crippen LogP contribution in [0.15, 0.2) is 48.0 Å². The summed E-state index contributed by atoms with van der Waals surface area (Å²) in [7, 11) is 3.14. The molecule has 27 heavy (non-hydrogen) atoms. The van der Waals surface area contributed by atoms with Crippen molar-refractivity contribution in [1.82, 2.24) is 9.88 Å². The van der Waals surface area contributed by atoms with Gasteiger partial charge in [-0.3, -0.25) is 4.79 Å². The monoisotopic (exact) mass is 384 g/mol. The lowest BCUT2D eigenvalue weighted by molar-refractivity contribution is 0.0911. The number of thiophene rings is 1. The topological polar surface area (TPSA) is 72.7 Å². The van der Waals surface area contributed by atoms with Crippen molar-refractivity contribution in [2.45, 2.75) is 18.6 Å². The number of carbonyl (C=O) groups is 1. The lowest BCUT2D eigenvalue weighted by Gasteiger charge is -2.22. The molecule has 0 aliphatic carbocycles. The Morgan fingerprint density at radius 1 is 1.26 bits per heavy atom. The van der Waals surface area contributed by atoms with E-state index < -0.39 is 6.10 Å². The molecule has 4 rings (SSSR count). The zero-order valence-electron chi connectivity index (χ0n) is 15.0. The Bertz CT molecular complexity index is 978.